The van der Waals surface area contributed by atoms with Gasteiger partial charge in [0.1, 0.15) is 28.4 Å². The molecule has 4 aromatic carbocycles. The molecular formula is C34H27F2NO3. The van der Waals surface area contributed by atoms with E-state index in [2.05, 4.69) is 0 Å². The molecule has 0 N–H and O–H groups in total. The highest BCUT2D eigenvalue weighted by molar-refractivity contribution is 5.91. The summed E-state index contributed by atoms with van der Waals surface area (Å²) in [6.07, 6.45) is 2.58. The van der Waals surface area contributed by atoms with Crippen LogP contribution in [-0.2, 0) is 26.4 Å². The van der Waals surface area contributed by atoms with E-state index < -0.39 is 16.8 Å². The number of nitrogens with zero attached hydrogens (tertiary/aromatic N) is 1. The summed E-state index contributed by atoms with van der Waals surface area (Å²) in [6.45, 7) is 0.903. The smallest absolute Gasteiger partial charge is 0.239 e. The van der Waals surface area contributed by atoms with Crippen molar-refractivity contribution >= 4 is 11.7 Å². The van der Waals surface area contributed by atoms with Crippen LogP contribution in [0.15, 0.2) is 115 Å². The lowest BCUT2D eigenvalue weighted by Crippen LogP contribution is -2.59. The molecule has 0 saturated carbocycles. The van der Waals surface area contributed by atoms with Crippen LogP contribution < -0.4 is 0 Å². The predicted octanol–water partition coefficient (Wildman–Crippen LogP) is 6.82. The molecule has 40 heavy (non-hydrogen) atoms. The summed E-state index contributed by atoms with van der Waals surface area (Å²) in [5.41, 5.74) is 0.922. The van der Waals surface area contributed by atoms with Crippen LogP contribution in [0.5, 0.6) is 0 Å². The normalized spacial score (nSPS) is 24.7. The molecule has 3 aliphatic heterocycles. The first-order valence-electron chi connectivity index (χ1n) is 13.5. The van der Waals surface area contributed by atoms with Crippen molar-refractivity contribution in [2.24, 2.45) is 5.41 Å². The summed E-state index contributed by atoms with van der Waals surface area (Å²) in [5.74, 6) is -1.53. The fourth-order valence-electron chi connectivity index (χ4n) is 6.56. The van der Waals surface area contributed by atoms with E-state index in [0.717, 1.165) is 11.1 Å². The molecule has 7 rings (SSSR count). The standard InChI is InChI=1S/C34H27F2NO3/c35-28-15-11-26(12-16-28)33(27-13-17-29(36)18-14-27)23-32-21-30(25-9-5-2-6-10-25)39-34(32,40-33)19-20-37(31(32)38)22-24-7-3-1-4-8-24/h1-18,21H,19-20,22-23H2. The van der Waals surface area contributed by atoms with Gasteiger partial charge in [-0.3, -0.25) is 4.79 Å². The summed E-state index contributed by atoms with van der Waals surface area (Å²) in [7, 11) is 0. The van der Waals surface area contributed by atoms with Crippen molar-refractivity contribution in [3.63, 3.8) is 0 Å². The Morgan fingerprint density at radius 1 is 0.750 bits per heavy atom. The molecule has 4 nitrogen and oxygen atoms in total. The second-order valence-corrected chi connectivity index (χ2v) is 10.8. The SMILES string of the molecule is O=C1N(Cc2ccccc2)CCC23OC(c4ccccc4)=CC12CC(c1ccc(F)cc1)(c1ccc(F)cc1)O3. The van der Waals surface area contributed by atoms with Gasteiger partial charge in [0.2, 0.25) is 11.7 Å². The molecule has 0 aromatic heterocycles. The molecule has 2 atom stereocenters. The van der Waals surface area contributed by atoms with Gasteiger partial charge >= 0.3 is 0 Å². The molecule has 6 heteroatoms. The molecule has 0 bridgehead atoms. The predicted molar refractivity (Wildman–Crippen MR) is 146 cm³/mol. The minimum absolute atomic E-state index is 0.0837. The number of amides is 1. The van der Waals surface area contributed by atoms with Gasteiger partial charge in [0.25, 0.3) is 0 Å². The number of halogens is 2. The molecule has 2 saturated heterocycles. The summed E-state index contributed by atoms with van der Waals surface area (Å²) in [4.78, 5) is 16.5. The zero-order chi connectivity index (χ0) is 27.4. The summed E-state index contributed by atoms with van der Waals surface area (Å²) >= 11 is 0. The third-order valence-corrected chi connectivity index (χ3v) is 8.47. The van der Waals surface area contributed by atoms with Crippen molar-refractivity contribution in [2.75, 3.05) is 6.54 Å². The Labute approximate surface area is 231 Å². The highest BCUT2D eigenvalue weighted by atomic mass is 19.1. The Hall–Kier alpha value is -4.29. The number of hydrogen-bond donors (Lipinski definition) is 0. The number of benzene rings is 4. The van der Waals surface area contributed by atoms with Crippen molar-refractivity contribution in [1.82, 2.24) is 4.90 Å². The molecule has 2 unspecified atom stereocenters. The largest absolute Gasteiger partial charge is 0.460 e. The average molecular weight is 536 g/mol. The lowest BCUT2D eigenvalue weighted by Gasteiger charge is -2.44. The van der Waals surface area contributed by atoms with Crippen molar-refractivity contribution in [3.05, 3.63) is 149 Å². The molecule has 3 heterocycles. The van der Waals surface area contributed by atoms with E-state index in [0.29, 0.717) is 36.4 Å². The van der Waals surface area contributed by atoms with E-state index in [4.69, 9.17) is 9.47 Å². The van der Waals surface area contributed by atoms with Gasteiger partial charge in [-0.2, -0.15) is 0 Å². The first-order chi connectivity index (χ1) is 19.4. The number of likely N-dealkylation sites (tertiary alicyclic amines) is 1. The number of carbonyl (C=O) groups is 1. The molecule has 0 aliphatic carbocycles. The van der Waals surface area contributed by atoms with Crippen LogP contribution in [0.4, 0.5) is 8.78 Å². The molecule has 200 valence electrons. The minimum Gasteiger partial charge on any atom is -0.460 e. The second kappa shape index (κ2) is 9.14. The van der Waals surface area contributed by atoms with Crippen LogP contribution in [0.1, 0.15) is 35.1 Å². The number of carbonyl (C=O) groups excluding carboxylic acids is 1. The fraction of sp³-hybridized carbons (Fsp3) is 0.206. The molecule has 4 aromatic rings. The molecule has 1 amide bonds. The molecule has 0 radical (unpaired) electrons. The zero-order valence-corrected chi connectivity index (χ0v) is 21.7. The third kappa shape index (κ3) is 3.70. The highest BCUT2D eigenvalue weighted by Gasteiger charge is 2.75. The van der Waals surface area contributed by atoms with E-state index in [1.165, 1.54) is 24.3 Å². The quantitative estimate of drug-likeness (QED) is 0.282. The summed E-state index contributed by atoms with van der Waals surface area (Å²) in [5, 5.41) is 0. The number of rotatable bonds is 5. The van der Waals surface area contributed by atoms with Crippen molar-refractivity contribution in [2.45, 2.75) is 30.8 Å². The number of ether oxygens (including phenoxy) is 2. The average Bonchev–Trinajstić information content (AvgIpc) is 3.47. The molecule has 2 fully saturated rings. The summed E-state index contributed by atoms with van der Waals surface area (Å²) < 4.78 is 41.9. The van der Waals surface area contributed by atoms with Crippen LogP contribution in [0.3, 0.4) is 0 Å². The minimum atomic E-state index is -1.29. The Morgan fingerprint density at radius 2 is 1.32 bits per heavy atom. The zero-order valence-electron chi connectivity index (χ0n) is 21.7. The van der Waals surface area contributed by atoms with Crippen LogP contribution >= 0.6 is 0 Å². The lowest BCUT2D eigenvalue weighted by molar-refractivity contribution is -0.247. The van der Waals surface area contributed by atoms with Crippen LogP contribution in [0.25, 0.3) is 5.76 Å². The van der Waals surface area contributed by atoms with Gasteiger partial charge < -0.3 is 14.4 Å². The van der Waals surface area contributed by atoms with Gasteiger partial charge in [0.15, 0.2) is 0 Å². The van der Waals surface area contributed by atoms with Gasteiger partial charge in [-0.25, -0.2) is 8.78 Å². The van der Waals surface area contributed by atoms with Crippen LogP contribution in [0, 0.1) is 17.0 Å². The number of hydrogen-bond acceptors (Lipinski definition) is 3. The van der Waals surface area contributed by atoms with Crippen molar-refractivity contribution in [3.8, 4) is 0 Å². The Kier molecular flexibility index (Phi) is 5.65. The van der Waals surface area contributed by atoms with Crippen LogP contribution in [-0.4, -0.2) is 23.1 Å². The Balaban J connectivity index is 1.40. The van der Waals surface area contributed by atoms with Gasteiger partial charge in [-0.05, 0) is 47.0 Å². The van der Waals surface area contributed by atoms with E-state index >= 15 is 0 Å². The Morgan fingerprint density at radius 3 is 1.93 bits per heavy atom. The monoisotopic (exact) mass is 535 g/mol. The first-order valence-corrected chi connectivity index (χ1v) is 13.5. The van der Waals surface area contributed by atoms with Gasteiger partial charge in [-0.15, -0.1) is 0 Å². The van der Waals surface area contributed by atoms with E-state index in [1.807, 2.05) is 71.6 Å². The van der Waals surface area contributed by atoms with Gasteiger partial charge in [0, 0.05) is 31.5 Å². The third-order valence-electron chi connectivity index (χ3n) is 8.47. The van der Waals surface area contributed by atoms with E-state index in [9.17, 15) is 13.6 Å². The van der Waals surface area contributed by atoms with E-state index in [1.54, 1.807) is 24.3 Å². The fourth-order valence-corrected chi connectivity index (χ4v) is 6.56. The van der Waals surface area contributed by atoms with Gasteiger partial charge in [0.05, 0.1) is 0 Å². The molecular weight excluding hydrogens is 508 g/mol. The second-order valence-electron chi connectivity index (χ2n) is 10.8. The van der Waals surface area contributed by atoms with Crippen molar-refractivity contribution < 1.29 is 23.0 Å². The van der Waals surface area contributed by atoms with Crippen LogP contribution in [0.2, 0.25) is 0 Å². The highest BCUT2D eigenvalue weighted by Crippen LogP contribution is 2.66. The first kappa shape index (κ1) is 24.7. The maximum atomic E-state index is 14.6. The lowest BCUT2D eigenvalue weighted by atomic mass is 9.68. The Bertz CT molecular complexity index is 1540. The van der Waals surface area contributed by atoms with E-state index in [-0.39, 0.29) is 24.0 Å². The summed E-state index contributed by atoms with van der Waals surface area (Å²) in [6, 6.07) is 31.8. The maximum absolute atomic E-state index is 14.6. The van der Waals surface area contributed by atoms with Crippen molar-refractivity contribution in [1.29, 1.82) is 0 Å². The van der Waals surface area contributed by atoms with Gasteiger partial charge in [-0.1, -0.05) is 84.9 Å². The molecule has 0 spiro atoms. The molecule has 3 aliphatic rings. The topological polar surface area (TPSA) is 38.8 Å². The number of piperidine rings is 1. The maximum Gasteiger partial charge on any atom is 0.239 e.